The molecular weight excluding hydrogens is 260 g/mol. The molecule has 1 aliphatic rings. The quantitative estimate of drug-likeness (QED) is 0.937. The summed E-state index contributed by atoms with van der Waals surface area (Å²) in [5.74, 6) is 1.02. The van der Waals surface area contributed by atoms with Crippen molar-refractivity contribution in [1.82, 2.24) is 9.97 Å². The van der Waals surface area contributed by atoms with Crippen LogP contribution in [0.15, 0.2) is 24.3 Å². The Labute approximate surface area is 126 Å². The van der Waals surface area contributed by atoms with Crippen LogP contribution in [0, 0.1) is 6.92 Å². The van der Waals surface area contributed by atoms with Crippen LogP contribution < -0.4 is 10.6 Å². The molecule has 1 aliphatic carbocycles. The first-order valence-corrected chi connectivity index (χ1v) is 7.99. The molecule has 0 amide bonds. The lowest BCUT2D eigenvalue weighted by atomic mass is 9.94. The molecule has 1 fully saturated rings. The van der Waals surface area contributed by atoms with Gasteiger partial charge in [0.1, 0.15) is 0 Å². The van der Waals surface area contributed by atoms with Crippen molar-refractivity contribution < 1.29 is 0 Å². The van der Waals surface area contributed by atoms with Crippen molar-refractivity contribution in [3.8, 4) is 0 Å². The van der Waals surface area contributed by atoms with E-state index in [2.05, 4.69) is 11.8 Å². The molecule has 0 bridgehead atoms. The van der Waals surface area contributed by atoms with Gasteiger partial charge >= 0.3 is 0 Å². The van der Waals surface area contributed by atoms with Crippen LogP contribution in [0.4, 0.5) is 5.82 Å². The summed E-state index contributed by atoms with van der Waals surface area (Å²) in [7, 11) is 0. The first kappa shape index (κ1) is 14.3. The molecule has 2 aromatic rings. The smallest absolute Gasteiger partial charge is 0.151 e. The fourth-order valence-electron chi connectivity index (χ4n) is 3.34. The zero-order chi connectivity index (χ0) is 14.7. The molecule has 0 atom stereocenters. The van der Waals surface area contributed by atoms with Gasteiger partial charge in [-0.1, -0.05) is 31.4 Å². The van der Waals surface area contributed by atoms with Gasteiger partial charge in [0.15, 0.2) is 5.82 Å². The molecule has 2 N–H and O–H groups in total. The van der Waals surface area contributed by atoms with E-state index in [0.29, 0.717) is 12.6 Å². The first-order chi connectivity index (χ1) is 10.3. The molecule has 4 nitrogen and oxygen atoms in total. The Balaban J connectivity index is 1.99. The van der Waals surface area contributed by atoms with Crippen LogP contribution in [0.3, 0.4) is 0 Å². The molecule has 0 saturated heterocycles. The van der Waals surface area contributed by atoms with Crippen molar-refractivity contribution in [2.45, 2.75) is 45.1 Å². The third-order valence-electron chi connectivity index (χ3n) is 4.38. The molecule has 3 rings (SSSR count). The fourth-order valence-corrected chi connectivity index (χ4v) is 3.34. The Morgan fingerprint density at radius 1 is 1.10 bits per heavy atom. The number of rotatable bonds is 4. The number of para-hydroxylation sites is 2. The van der Waals surface area contributed by atoms with E-state index in [-0.39, 0.29) is 0 Å². The zero-order valence-electron chi connectivity index (χ0n) is 12.8. The normalized spacial score (nSPS) is 16.3. The highest BCUT2D eigenvalue weighted by molar-refractivity contribution is 5.76. The van der Waals surface area contributed by atoms with Crippen molar-refractivity contribution in [3.05, 3.63) is 30.0 Å². The van der Waals surface area contributed by atoms with E-state index in [9.17, 15) is 0 Å². The van der Waals surface area contributed by atoms with Crippen molar-refractivity contribution >= 4 is 16.9 Å². The highest BCUT2D eigenvalue weighted by atomic mass is 15.2. The lowest BCUT2D eigenvalue weighted by Crippen LogP contribution is -2.41. The fraction of sp³-hybridized carbons (Fsp3) is 0.529. The molecule has 0 aliphatic heterocycles. The molecule has 1 aromatic carbocycles. The first-order valence-electron chi connectivity index (χ1n) is 7.99. The maximum atomic E-state index is 5.85. The third kappa shape index (κ3) is 3.00. The second kappa shape index (κ2) is 6.39. The van der Waals surface area contributed by atoms with Crippen LogP contribution >= 0.6 is 0 Å². The minimum absolute atomic E-state index is 0.566. The number of hydrogen-bond acceptors (Lipinski definition) is 4. The van der Waals surface area contributed by atoms with Gasteiger partial charge in [0.25, 0.3) is 0 Å². The van der Waals surface area contributed by atoms with Gasteiger partial charge in [-0.3, -0.25) is 0 Å². The standard InChI is InChI=1S/C17H24N4/c1-13-17(20-16-10-6-5-9-15(16)19-13)21(12-11-18)14-7-3-2-4-8-14/h5-6,9-10,14H,2-4,7-8,11-12,18H2,1H3. The number of aromatic nitrogens is 2. The van der Waals surface area contributed by atoms with E-state index < -0.39 is 0 Å². The number of benzene rings is 1. The molecule has 21 heavy (non-hydrogen) atoms. The second-order valence-corrected chi connectivity index (χ2v) is 5.90. The predicted octanol–water partition coefficient (Wildman–Crippen LogP) is 3.04. The van der Waals surface area contributed by atoms with Gasteiger partial charge in [-0.25, -0.2) is 9.97 Å². The van der Waals surface area contributed by atoms with Crippen LogP contribution in [0.2, 0.25) is 0 Å². The summed E-state index contributed by atoms with van der Waals surface area (Å²) in [4.78, 5) is 12.0. The van der Waals surface area contributed by atoms with Crippen LogP contribution in [-0.2, 0) is 0 Å². The lowest BCUT2D eigenvalue weighted by Gasteiger charge is -2.35. The molecule has 1 aromatic heterocycles. The van der Waals surface area contributed by atoms with Crippen LogP contribution in [0.25, 0.3) is 11.0 Å². The summed E-state index contributed by atoms with van der Waals surface area (Å²) in [5.41, 5.74) is 8.79. The highest BCUT2D eigenvalue weighted by Gasteiger charge is 2.23. The number of aryl methyl sites for hydroxylation is 1. The van der Waals surface area contributed by atoms with Crippen molar-refractivity contribution in [1.29, 1.82) is 0 Å². The number of fused-ring (bicyclic) bond motifs is 1. The summed E-state index contributed by atoms with van der Waals surface area (Å²) >= 11 is 0. The summed E-state index contributed by atoms with van der Waals surface area (Å²) in [5, 5.41) is 0. The highest BCUT2D eigenvalue weighted by Crippen LogP contribution is 2.28. The SMILES string of the molecule is Cc1nc2ccccc2nc1N(CCN)C1CCCCC1. The summed E-state index contributed by atoms with van der Waals surface area (Å²) in [6.07, 6.45) is 6.47. The van der Waals surface area contributed by atoms with Gasteiger partial charge in [-0.05, 0) is 31.9 Å². The van der Waals surface area contributed by atoms with Crippen LogP contribution in [0.5, 0.6) is 0 Å². The van der Waals surface area contributed by atoms with Crippen LogP contribution in [-0.4, -0.2) is 29.1 Å². The average Bonchev–Trinajstić information content (AvgIpc) is 2.53. The molecular formula is C17H24N4. The van der Waals surface area contributed by atoms with E-state index in [1.807, 2.05) is 24.3 Å². The Hall–Kier alpha value is -1.68. The Morgan fingerprint density at radius 2 is 1.76 bits per heavy atom. The number of hydrogen-bond donors (Lipinski definition) is 1. The van der Waals surface area contributed by atoms with Gasteiger partial charge in [0.2, 0.25) is 0 Å². The second-order valence-electron chi connectivity index (χ2n) is 5.90. The van der Waals surface area contributed by atoms with Gasteiger partial charge in [-0.2, -0.15) is 0 Å². The van der Waals surface area contributed by atoms with Gasteiger partial charge in [0, 0.05) is 19.1 Å². The molecule has 0 spiro atoms. The van der Waals surface area contributed by atoms with E-state index in [1.165, 1.54) is 32.1 Å². The Bertz CT molecular complexity index is 605. The number of nitrogens with zero attached hydrogens (tertiary/aromatic N) is 3. The van der Waals surface area contributed by atoms with Crippen LogP contribution in [0.1, 0.15) is 37.8 Å². The monoisotopic (exact) mass is 284 g/mol. The molecule has 1 heterocycles. The summed E-state index contributed by atoms with van der Waals surface area (Å²) in [6.45, 7) is 3.57. The van der Waals surface area contributed by atoms with Gasteiger partial charge in [-0.15, -0.1) is 0 Å². The summed E-state index contributed by atoms with van der Waals surface area (Å²) in [6, 6.07) is 8.65. The zero-order valence-corrected chi connectivity index (χ0v) is 12.8. The van der Waals surface area contributed by atoms with E-state index in [4.69, 9.17) is 15.7 Å². The minimum Gasteiger partial charge on any atom is -0.351 e. The summed E-state index contributed by atoms with van der Waals surface area (Å²) < 4.78 is 0. The minimum atomic E-state index is 0.566. The van der Waals surface area contributed by atoms with Crippen molar-refractivity contribution in [2.75, 3.05) is 18.0 Å². The average molecular weight is 284 g/mol. The lowest BCUT2D eigenvalue weighted by molar-refractivity contribution is 0.413. The van der Waals surface area contributed by atoms with Gasteiger partial charge < -0.3 is 10.6 Å². The predicted molar refractivity (Wildman–Crippen MR) is 87.5 cm³/mol. The largest absolute Gasteiger partial charge is 0.351 e. The number of nitrogens with two attached hydrogens (primary N) is 1. The molecule has 1 saturated carbocycles. The maximum Gasteiger partial charge on any atom is 0.151 e. The molecule has 4 heteroatoms. The molecule has 112 valence electrons. The van der Waals surface area contributed by atoms with Gasteiger partial charge in [0.05, 0.1) is 16.7 Å². The number of anilines is 1. The molecule has 0 radical (unpaired) electrons. The Morgan fingerprint density at radius 3 is 2.43 bits per heavy atom. The Kier molecular flexibility index (Phi) is 4.34. The topological polar surface area (TPSA) is 55.0 Å². The van der Waals surface area contributed by atoms with E-state index >= 15 is 0 Å². The molecule has 0 unspecified atom stereocenters. The maximum absolute atomic E-state index is 5.85. The van der Waals surface area contributed by atoms with Crippen molar-refractivity contribution in [3.63, 3.8) is 0 Å². The third-order valence-corrected chi connectivity index (χ3v) is 4.38. The van der Waals surface area contributed by atoms with E-state index in [0.717, 1.165) is 29.1 Å². The van der Waals surface area contributed by atoms with Crippen molar-refractivity contribution in [2.24, 2.45) is 5.73 Å². The van der Waals surface area contributed by atoms with E-state index in [1.54, 1.807) is 0 Å².